The second kappa shape index (κ2) is 6.47. The highest BCUT2D eigenvalue weighted by Gasteiger charge is 2.30. The molecule has 3 aromatic rings. The van der Waals surface area contributed by atoms with E-state index in [9.17, 15) is 9.59 Å². The van der Waals surface area contributed by atoms with E-state index in [1.165, 1.54) is 9.13 Å². The Morgan fingerprint density at radius 1 is 1.14 bits per heavy atom. The van der Waals surface area contributed by atoms with Crippen LogP contribution in [0.5, 0.6) is 0 Å². The lowest BCUT2D eigenvalue weighted by Crippen LogP contribution is -2.40. The summed E-state index contributed by atoms with van der Waals surface area (Å²) >= 11 is 0. The number of imidazole rings is 1. The van der Waals surface area contributed by atoms with Crippen LogP contribution in [0.2, 0.25) is 0 Å². The van der Waals surface area contributed by atoms with Gasteiger partial charge < -0.3 is 0 Å². The molecule has 0 saturated heterocycles. The molecule has 0 radical (unpaired) electrons. The zero-order valence-electron chi connectivity index (χ0n) is 16.8. The molecule has 1 aromatic carbocycles. The Balaban J connectivity index is 1.99. The first kappa shape index (κ1) is 18.2. The average Bonchev–Trinajstić information content (AvgIpc) is 3.08. The quantitative estimate of drug-likeness (QED) is 0.698. The van der Waals surface area contributed by atoms with Gasteiger partial charge in [0.05, 0.1) is 18.3 Å². The van der Waals surface area contributed by atoms with Crippen molar-refractivity contribution in [3.8, 4) is 0 Å². The molecule has 1 unspecified atom stereocenters. The molecule has 8 heteroatoms. The van der Waals surface area contributed by atoms with Crippen LogP contribution in [0.4, 0.5) is 5.95 Å². The molecule has 8 nitrogen and oxygen atoms in total. The number of anilines is 1. The molecule has 2 aromatic heterocycles. The first-order valence-electron chi connectivity index (χ1n) is 9.44. The van der Waals surface area contributed by atoms with E-state index >= 15 is 0 Å². The SMILES string of the molecule is CCn1c(=O)c2c(nc3n2C(C)C(C)=NN3Cc2ccccc2C)n(C)c1=O. The maximum Gasteiger partial charge on any atom is 0.332 e. The van der Waals surface area contributed by atoms with E-state index in [0.717, 1.165) is 16.8 Å². The van der Waals surface area contributed by atoms with Crippen LogP contribution in [0.3, 0.4) is 0 Å². The molecular formula is C20H24N6O2. The summed E-state index contributed by atoms with van der Waals surface area (Å²) in [5, 5.41) is 6.55. The molecule has 0 spiro atoms. The third-order valence-electron chi connectivity index (χ3n) is 5.56. The molecule has 4 rings (SSSR count). The molecule has 0 fully saturated rings. The average molecular weight is 380 g/mol. The minimum absolute atomic E-state index is 0.122. The van der Waals surface area contributed by atoms with Crippen LogP contribution in [-0.4, -0.2) is 24.4 Å². The van der Waals surface area contributed by atoms with Crippen molar-refractivity contribution >= 4 is 22.8 Å². The molecule has 0 N–H and O–H groups in total. The monoisotopic (exact) mass is 380 g/mol. The Morgan fingerprint density at radius 2 is 1.86 bits per heavy atom. The molecule has 0 bridgehead atoms. The summed E-state index contributed by atoms with van der Waals surface area (Å²) in [5.41, 5.74) is 3.35. The lowest BCUT2D eigenvalue weighted by molar-refractivity contribution is 0.618. The summed E-state index contributed by atoms with van der Waals surface area (Å²) < 4.78 is 4.60. The maximum atomic E-state index is 13.1. The van der Waals surface area contributed by atoms with Crippen molar-refractivity contribution < 1.29 is 0 Å². The molecular weight excluding hydrogens is 356 g/mol. The van der Waals surface area contributed by atoms with Crippen LogP contribution in [-0.2, 0) is 20.1 Å². The van der Waals surface area contributed by atoms with Crippen LogP contribution < -0.4 is 16.3 Å². The lowest BCUT2D eigenvalue weighted by Gasteiger charge is -2.29. The molecule has 1 atom stereocenters. The van der Waals surface area contributed by atoms with Crippen molar-refractivity contribution in [1.29, 1.82) is 0 Å². The van der Waals surface area contributed by atoms with Gasteiger partial charge in [0.1, 0.15) is 0 Å². The van der Waals surface area contributed by atoms with Gasteiger partial charge in [-0.25, -0.2) is 9.80 Å². The maximum absolute atomic E-state index is 13.1. The molecule has 0 amide bonds. The fourth-order valence-electron chi connectivity index (χ4n) is 3.72. The van der Waals surface area contributed by atoms with Gasteiger partial charge in [0.2, 0.25) is 5.95 Å². The van der Waals surface area contributed by atoms with Crippen molar-refractivity contribution in [2.75, 3.05) is 5.01 Å². The van der Waals surface area contributed by atoms with Crippen LogP contribution in [0, 0.1) is 6.92 Å². The second-order valence-electron chi connectivity index (χ2n) is 7.25. The largest absolute Gasteiger partial charge is 0.332 e. The summed E-state index contributed by atoms with van der Waals surface area (Å²) in [4.78, 5) is 30.3. The smallest absolute Gasteiger partial charge is 0.294 e. The number of nitrogens with zero attached hydrogens (tertiary/aromatic N) is 6. The third kappa shape index (κ3) is 2.51. The summed E-state index contributed by atoms with van der Waals surface area (Å²) in [6, 6.07) is 8.00. The molecule has 1 aliphatic heterocycles. The van der Waals surface area contributed by atoms with Gasteiger partial charge in [-0.3, -0.25) is 18.5 Å². The third-order valence-corrected chi connectivity index (χ3v) is 5.56. The van der Waals surface area contributed by atoms with E-state index < -0.39 is 0 Å². The van der Waals surface area contributed by atoms with Crippen molar-refractivity contribution in [3.05, 3.63) is 56.2 Å². The first-order chi connectivity index (χ1) is 13.3. The molecule has 0 saturated carbocycles. The molecule has 0 aliphatic carbocycles. The van der Waals surface area contributed by atoms with Crippen LogP contribution in [0.15, 0.2) is 39.0 Å². The summed E-state index contributed by atoms with van der Waals surface area (Å²) in [6.45, 7) is 8.65. The summed E-state index contributed by atoms with van der Waals surface area (Å²) in [7, 11) is 1.65. The van der Waals surface area contributed by atoms with E-state index in [1.807, 2.05) is 35.6 Å². The Morgan fingerprint density at radius 3 is 2.54 bits per heavy atom. The highest BCUT2D eigenvalue weighted by atomic mass is 16.2. The number of aryl methyl sites for hydroxylation is 2. The van der Waals surface area contributed by atoms with Crippen molar-refractivity contribution in [1.82, 2.24) is 18.7 Å². The minimum atomic E-state index is -0.355. The van der Waals surface area contributed by atoms with Crippen molar-refractivity contribution in [2.24, 2.45) is 12.1 Å². The van der Waals surface area contributed by atoms with E-state index in [0.29, 0.717) is 30.2 Å². The normalized spacial score (nSPS) is 16.4. The Bertz CT molecular complexity index is 1230. The number of benzene rings is 1. The molecule has 3 heterocycles. The Labute approximate surface area is 162 Å². The zero-order valence-corrected chi connectivity index (χ0v) is 16.8. The number of hydrogen-bond donors (Lipinski definition) is 0. The van der Waals surface area contributed by atoms with Crippen LogP contribution >= 0.6 is 0 Å². The van der Waals surface area contributed by atoms with E-state index in [2.05, 4.69) is 24.0 Å². The Hall–Kier alpha value is -3.16. The van der Waals surface area contributed by atoms with Gasteiger partial charge in [-0.05, 0) is 38.8 Å². The number of rotatable bonds is 3. The molecule has 146 valence electrons. The fourth-order valence-corrected chi connectivity index (χ4v) is 3.72. The van der Waals surface area contributed by atoms with E-state index in [4.69, 9.17) is 5.10 Å². The topological polar surface area (TPSA) is 77.4 Å². The molecule has 28 heavy (non-hydrogen) atoms. The highest BCUT2D eigenvalue weighted by Crippen LogP contribution is 2.31. The van der Waals surface area contributed by atoms with Gasteiger partial charge in [0, 0.05) is 13.6 Å². The van der Waals surface area contributed by atoms with Gasteiger partial charge in [-0.1, -0.05) is 24.3 Å². The highest BCUT2D eigenvalue weighted by molar-refractivity contribution is 5.91. The number of fused-ring (bicyclic) bond motifs is 3. The lowest BCUT2D eigenvalue weighted by atomic mass is 10.1. The van der Waals surface area contributed by atoms with Gasteiger partial charge in [-0.15, -0.1) is 0 Å². The van der Waals surface area contributed by atoms with Crippen molar-refractivity contribution in [3.63, 3.8) is 0 Å². The van der Waals surface area contributed by atoms with Crippen LogP contribution in [0.1, 0.15) is 37.9 Å². The number of hydrazone groups is 1. The number of aromatic nitrogens is 4. The fraction of sp³-hybridized carbons (Fsp3) is 0.400. The summed E-state index contributed by atoms with van der Waals surface area (Å²) in [5.74, 6) is 0.581. The van der Waals surface area contributed by atoms with Gasteiger partial charge in [0.15, 0.2) is 11.2 Å². The number of hydrogen-bond acceptors (Lipinski definition) is 5. The van der Waals surface area contributed by atoms with Crippen LogP contribution in [0.25, 0.3) is 11.2 Å². The van der Waals surface area contributed by atoms with Crippen molar-refractivity contribution in [2.45, 2.75) is 46.8 Å². The van der Waals surface area contributed by atoms with E-state index in [-0.39, 0.29) is 17.3 Å². The standard InChI is InChI=1S/C20H24N6O2/c1-6-24-18(27)16-17(23(5)20(24)28)21-19-25(22-13(3)14(4)26(16)19)11-15-10-8-7-9-12(15)2/h7-10,14H,6,11H2,1-5H3. The predicted octanol–water partition coefficient (Wildman–Crippen LogP) is 2.18. The van der Waals surface area contributed by atoms with E-state index in [1.54, 1.807) is 14.0 Å². The van der Waals surface area contributed by atoms with Gasteiger partial charge in [0.25, 0.3) is 5.56 Å². The second-order valence-corrected chi connectivity index (χ2v) is 7.25. The van der Waals surface area contributed by atoms with Gasteiger partial charge >= 0.3 is 5.69 Å². The Kier molecular flexibility index (Phi) is 4.21. The minimum Gasteiger partial charge on any atom is -0.294 e. The van der Waals surface area contributed by atoms with Gasteiger partial charge in [-0.2, -0.15) is 10.1 Å². The molecule has 1 aliphatic rings. The predicted molar refractivity (Wildman–Crippen MR) is 110 cm³/mol. The first-order valence-corrected chi connectivity index (χ1v) is 9.44. The zero-order chi connectivity index (χ0) is 20.2. The summed E-state index contributed by atoms with van der Waals surface area (Å²) in [6.07, 6.45) is 0.